The highest BCUT2D eigenvalue weighted by Crippen LogP contribution is 2.23. The molecule has 1 rings (SSSR count). The minimum absolute atomic E-state index is 0.0269. The first kappa shape index (κ1) is 11.5. The normalized spacial score (nSPS) is 28.4. The molecule has 0 aromatic rings. The highest BCUT2D eigenvalue weighted by atomic mass is 32.2. The summed E-state index contributed by atoms with van der Waals surface area (Å²) in [6.07, 6.45) is 4.11. The number of sulfonamides is 1. The largest absolute Gasteiger partial charge is 0.328 e. The lowest BCUT2D eigenvalue weighted by molar-refractivity contribution is -0.124. The van der Waals surface area contributed by atoms with Gasteiger partial charge >= 0.3 is 0 Å². The molecule has 5 nitrogen and oxygen atoms in total. The van der Waals surface area contributed by atoms with E-state index in [4.69, 9.17) is 5.73 Å². The van der Waals surface area contributed by atoms with Gasteiger partial charge in [0.1, 0.15) is 0 Å². The van der Waals surface area contributed by atoms with Crippen LogP contribution in [0.1, 0.15) is 25.7 Å². The second-order valence-electron chi connectivity index (χ2n) is 3.86. The van der Waals surface area contributed by atoms with E-state index in [2.05, 4.69) is 0 Å². The van der Waals surface area contributed by atoms with Crippen LogP contribution in [0.15, 0.2) is 0 Å². The zero-order valence-corrected chi connectivity index (χ0v) is 9.01. The number of carbonyl (C=O) groups excluding carboxylic acids is 1. The SMILES string of the molecule is CS(=O)(=O)NC(=O)C1CCCC(N)C1. The van der Waals surface area contributed by atoms with Gasteiger partial charge in [-0.05, 0) is 19.3 Å². The van der Waals surface area contributed by atoms with Crippen LogP contribution in [-0.4, -0.2) is 26.6 Å². The second kappa shape index (κ2) is 4.27. The molecule has 14 heavy (non-hydrogen) atoms. The standard InChI is InChI=1S/C8H16N2O3S/c1-14(12,13)10-8(11)6-3-2-4-7(9)5-6/h6-7H,2-5,9H2,1H3,(H,10,11). The molecular weight excluding hydrogens is 204 g/mol. The average Bonchev–Trinajstić information content (AvgIpc) is 2.01. The van der Waals surface area contributed by atoms with Gasteiger partial charge in [-0.3, -0.25) is 9.52 Å². The van der Waals surface area contributed by atoms with Gasteiger partial charge in [-0.2, -0.15) is 0 Å². The Labute approximate surface area is 84.1 Å². The summed E-state index contributed by atoms with van der Waals surface area (Å²) in [5.74, 6) is -0.656. The maximum absolute atomic E-state index is 11.4. The van der Waals surface area contributed by atoms with Crippen molar-refractivity contribution in [1.29, 1.82) is 0 Å². The van der Waals surface area contributed by atoms with E-state index in [-0.39, 0.29) is 12.0 Å². The molecule has 0 aliphatic heterocycles. The zero-order valence-electron chi connectivity index (χ0n) is 8.19. The molecule has 0 saturated heterocycles. The van der Waals surface area contributed by atoms with Gasteiger partial charge in [0.25, 0.3) is 0 Å². The highest BCUT2D eigenvalue weighted by Gasteiger charge is 2.26. The van der Waals surface area contributed by atoms with Crippen LogP contribution in [0.2, 0.25) is 0 Å². The Bertz CT molecular complexity index is 313. The van der Waals surface area contributed by atoms with Crippen molar-refractivity contribution in [1.82, 2.24) is 4.72 Å². The molecule has 3 N–H and O–H groups in total. The van der Waals surface area contributed by atoms with Gasteiger partial charge < -0.3 is 5.73 Å². The molecule has 1 aliphatic carbocycles. The number of rotatable bonds is 2. The topological polar surface area (TPSA) is 89.3 Å². The first-order chi connectivity index (χ1) is 6.38. The van der Waals surface area contributed by atoms with Gasteiger partial charge in [-0.15, -0.1) is 0 Å². The van der Waals surface area contributed by atoms with E-state index >= 15 is 0 Å². The molecule has 0 heterocycles. The van der Waals surface area contributed by atoms with Crippen molar-refractivity contribution in [3.63, 3.8) is 0 Å². The van der Waals surface area contributed by atoms with Crippen molar-refractivity contribution in [3.8, 4) is 0 Å². The molecule has 1 aliphatic rings. The molecule has 0 aromatic carbocycles. The summed E-state index contributed by atoms with van der Waals surface area (Å²) in [5.41, 5.74) is 5.70. The summed E-state index contributed by atoms with van der Waals surface area (Å²) in [6.45, 7) is 0. The minimum atomic E-state index is -3.43. The van der Waals surface area contributed by atoms with E-state index < -0.39 is 15.9 Å². The monoisotopic (exact) mass is 220 g/mol. The summed E-state index contributed by atoms with van der Waals surface area (Å²) in [7, 11) is -3.43. The number of hydrogen-bond donors (Lipinski definition) is 2. The number of carbonyl (C=O) groups is 1. The van der Waals surface area contributed by atoms with E-state index in [1.807, 2.05) is 4.72 Å². The smallest absolute Gasteiger partial charge is 0.236 e. The molecule has 1 saturated carbocycles. The third kappa shape index (κ3) is 3.63. The fourth-order valence-corrected chi connectivity index (χ4v) is 2.26. The van der Waals surface area contributed by atoms with Crippen LogP contribution in [0.25, 0.3) is 0 Å². The molecule has 0 aromatic heterocycles. The Hall–Kier alpha value is -0.620. The third-order valence-electron chi connectivity index (χ3n) is 2.37. The molecule has 0 radical (unpaired) electrons. The number of nitrogens with one attached hydrogen (secondary N) is 1. The molecule has 1 fully saturated rings. The van der Waals surface area contributed by atoms with Crippen LogP contribution < -0.4 is 10.5 Å². The molecule has 82 valence electrons. The van der Waals surface area contributed by atoms with Gasteiger partial charge in [0.05, 0.1) is 6.26 Å². The number of amides is 1. The first-order valence-corrected chi connectivity index (χ1v) is 6.55. The number of hydrogen-bond acceptors (Lipinski definition) is 4. The van der Waals surface area contributed by atoms with Crippen LogP contribution in [0.4, 0.5) is 0 Å². The summed E-state index contributed by atoms with van der Waals surface area (Å²) < 4.78 is 23.6. The predicted molar refractivity (Wildman–Crippen MR) is 52.9 cm³/mol. The Kier molecular flexibility index (Phi) is 3.49. The van der Waals surface area contributed by atoms with Gasteiger partial charge in [0.2, 0.25) is 15.9 Å². The zero-order chi connectivity index (χ0) is 10.8. The lowest BCUT2D eigenvalue weighted by atomic mass is 9.86. The van der Waals surface area contributed by atoms with E-state index in [9.17, 15) is 13.2 Å². The lowest BCUT2D eigenvalue weighted by Gasteiger charge is -2.25. The van der Waals surface area contributed by atoms with Crippen molar-refractivity contribution in [2.45, 2.75) is 31.7 Å². The Balaban J connectivity index is 2.52. The van der Waals surface area contributed by atoms with Gasteiger partial charge in [0, 0.05) is 12.0 Å². The number of nitrogens with two attached hydrogens (primary N) is 1. The second-order valence-corrected chi connectivity index (χ2v) is 5.61. The van der Waals surface area contributed by atoms with Crippen molar-refractivity contribution in [2.24, 2.45) is 11.7 Å². The van der Waals surface area contributed by atoms with Crippen molar-refractivity contribution in [3.05, 3.63) is 0 Å². The minimum Gasteiger partial charge on any atom is -0.328 e. The van der Waals surface area contributed by atoms with Crippen LogP contribution in [0, 0.1) is 5.92 Å². The van der Waals surface area contributed by atoms with Crippen LogP contribution >= 0.6 is 0 Å². The van der Waals surface area contributed by atoms with Gasteiger partial charge in [0.15, 0.2) is 0 Å². The van der Waals surface area contributed by atoms with Crippen molar-refractivity contribution in [2.75, 3.05) is 6.26 Å². The summed E-state index contributed by atoms with van der Waals surface area (Å²) >= 11 is 0. The van der Waals surface area contributed by atoms with Crippen LogP contribution in [-0.2, 0) is 14.8 Å². The molecule has 0 bridgehead atoms. The fraction of sp³-hybridized carbons (Fsp3) is 0.875. The Morgan fingerprint density at radius 1 is 1.43 bits per heavy atom. The first-order valence-electron chi connectivity index (χ1n) is 4.65. The van der Waals surface area contributed by atoms with Crippen LogP contribution in [0.5, 0.6) is 0 Å². The van der Waals surface area contributed by atoms with Gasteiger partial charge in [-0.1, -0.05) is 6.42 Å². The highest BCUT2D eigenvalue weighted by molar-refractivity contribution is 7.89. The molecular formula is C8H16N2O3S. The summed E-state index contributed by atoms with van der Waals surface area (Å²) in [6, 6.07) is 0.0269. The predicted octanol–water partition coefficient (Wildman–Crippen LogP) is -0.420. The lowest BCUT2D eigenvalue weighted by Crippen LogP contribution is -2.39. The van der Waals surface area contributed by atoms with Crippen molar-refractivity contribution >= 4 is 15.9 Å². The van der Waals surface area contributed by atoms with E-state index in [1.54, 1.807) is 0 Å². The van der Waals surface area contributed by atoms with E-state index in [0.717, 1.165) is 25.5 Å². The molecule has 6 heteroatoms. The summed E-state index contributed by atoms with van der Waals surface area (Å²) in [5, 5.41) is 0. The van der Waals surface area contributed by atoms with Crippen LogP contribution in [0.3, 0.4) is 0 Å². The third-order valence-corrected chi connectivity index (χ3v) is 2.94. The van der Waals surface area contributed by atoms with E-state index in [0.29, 0.717) is 6.42 Å². The van der Waals surface area contributed by atoms with Crippen molar-refractivity contribution < 1.29 is 13.2 Å². The fourth-order valence-electron chi connectivity index (χ4n) is 1.73. The summed E-state index contributed by atoms with van der Waals surface area (Å²) in [4.78, 5) is 11.4. The maximum Gasteiger partial charge on any atom is 0.236 e. The Morgan fingerprint density at radius 3 is 2.57 bits per heavy atom. The van der Waals surface area contributed by atoms with Gasteiger partial charge in [-0.25, -0.2) is 8.42 Å². The molecule has 2 unspecified atom stereocenters. The average molecular weight is 220 g/mol. The molecule has 0 spiro atoms. The molecule has 1 amide bonds. The maximum atomic E-state index is 11.4. The van der Waals surface area contributed by atoms with E-state index in [1.165, 1.54) is 0 Å². The Morgan fingerprint density at radius 2 is 2.07 bits per heavy atom. The quantitative estimate of drug-likeness (QED) is 0.661. The molecule has 2 atom stereocenters.